The van der Waals surface area contributed by atoms with Crippen LogP contribution in [0.2, 0.25) is 10.0 Å². The smallest absolute Gasteiger partial charge is 0.330 e. The minimum absolute atomic E-state index is 0.129. The second kappa shape index (κ2) is 7.71. The standard InChI is InChI=1S/C12H13BrCl2N2O3/c1-6(18)17-9(12(19)20-2)5-16-8-4-3-7(13)10(14)11(8)15/h3-4,9,16H,5H2,1-2H3,(H,17,18). The molecule has 0 saturated carbocycles. The van der Waals surface area contributed by atoms with Gasteiger partial charge in [0, 0.05) is 17.9 Å². The van der Waals surface area contributed by atoms with Crippen LogP contribution in [-0.4, -0.2) is 31.6 Å². The van der Waals surface area contributed by atoms with E-state index in [9.17, 15) is 9.59 Å². The second-order valence-electron chi connectivity index (χ2n) is 3.88. The molecule has 0 aliphatic carbocycles. The molecule has 1 amide bonds. The predicted octanol–water partition coefficient (Wildman–Crippen LogP) is 2.85. The van der Waals surface area contributed by atoms with Crippen molar-refractivity contribution in [3.8, 4) is 0 Å². The van der Waals surface area contributed by atoms with E-state index in [1.807, 2.05) is 0 Å². The molecular weight excluding hydrogens is 371 g/mol. The van der Waals surface area contributed by atoms with E-state index >= 15 is 0 Å². The van der Waals surface area contributed by atoms with Gasteiger partial charge < -0.3 is 15.4 Å². The van der Waals surface area contributed by atoms with Crippen LogP contribution in [0.25, 0.3) is 0 Å². The topological polar surface area (TPSA) is 67.4 Å². The van der Waals surface area contributed by atoms with Gasteiger partial charge in [-0.3, -0.25) is 4.79 Å². The van der Waals surface area contributed by atoms with Crippen LogP contribution < -0.4 is 10.6 Å². The number of carbonyl (C=O) groups excluding carboxylic acids is 2. The van der Waals surface area contributed by atoms with Crippen molar-refractivity contribution in [3.05, 3.63) is 26.7 Å². The van der Waals surface area contributed by atoms with Crippen molar-refractivity contribution >= 4 is 56.7 Å². The Morgan fingerprint density at radius 1 is 1.35 bits per heavy atom. The van der Waals surface area contributed by atoms with Crippen molar-refractivity contribution in [2.75, 3.05) is 19.0 Å². The highest BCUT2D eigenvalue weighted by Crippen LogP contribution is 2.35. The van der Waals surface area contributed by atoms with Crippen molar-refractivity contribution < 1.29 is 14.3 Å². The fourth-order valence-electron chi connectivity index (χ4n) is 1.46. The van der Waals surface area contributed by atoms with Crippen LogP contribution in [0.4, 0.5) is 5.69 Å². The van der Waals surface area contributed by atoms with E-state index in [1.165, 1.54) is 14.0 Å². The number of nitrogens with one attached hydrogen (secondary N) is 2. The summed E-state index contributed by atoms with van der Waals surface area (Å²) >= 11 is 15.3. The maximum absolute atomic E-state index is 11.5. The number of anilines is 1. The minimum atomic E-state index is -0.809. The highest BCUT2D eigenvalue weighted by Gasteiger charge is 2.20. The number of esters is 1. The van der Waals surface area contributed by atoms with Gasteiger partial charge in [0.25, 0.3) is 0 Å². The molecule has 20 heavy (non-hydrogen) atoms. The summed E-state index contributed by atoms with van der Waals surface area (Å²) in [5.74, 6) is -0.880. The Kier molecular flexibility index (Phi) is 6.58. The minimum Gasteiger partial charge on any atom is -0.467 e. The Morgan fingerprint density at radius 2 is 2.00 bits per heavy atom. The third kappa shape index (κ3) is 4.54. The Bertz CT molecular complexity index is 526. The summed E-state index contributed by atoms with van der Waals surface area (Å²) in [6.45, 7) is 1.45. The zero-order valence-corrected chi connectivity index (χ0v) is 13.9. The van der Waals surface area contributed by atoms with Gasteiger partial charge in [0.2, 0.25) is 5.91 Å². The van der Waals surface area contributed by atoms with Gasteiger partial charge in [-0.1, -0.05) is 23.2 Å². The summed E-state index contributed by atoms with van der Waals surface area (Å²) in [4.78, 5) is 22.6. The molecule has 1 atom stereocenters. The monoisotopic (exact) mass is 382 g/mol. The molecule has 1 rings (SSSR count). The first-order valence-corrected chi connectivity index (χ1v) is 7.14. The van der Waals surface area contributed by atoms with E-state index in [-0.39, 0.29) is 12.5 Å². The number of ether oxygens (including phenoxy) is 1. The molecule has 0 aliphatic rings. The number of carbonyl (C=O) groups is 2. The molecule has 2 N–H and O–H groups in total. The molecule has 0 aliphatic heterocycles. The Labute approximate surface area is 135 Å². The normalized spacial score (nSPS) is 11.7. The molecule has 0 bridgehead atoms. The van der Waals surface area contributed by atoms with E-state index < -0.39 is 12.0 Å². The van der Waals surface area contributed by atoms with Crippen LogP contribution in [-0.2, 0) is 14.3 Å². The third-order valence-electron chi connectivity index (χ3n) is 2.40. The van der Waals surface area contributed by atoms with Crippen molar-refractivity contribution in [1.29, 1.82) is 0 Å². The maximum atomic E-state index is 11.5. The number of hydrogen-bond donors (Lipinski definition) is 2. The molecular formula is C12H13BrCl2N2O3. The van der Waals surface area contributed by atoms with Crippen LogP contribution >= 0.6 is 39.1 Å². The summed E-state index contributed by atoms with van der Waals surface area (Å²) in [6.07, 6.45) is 0. The Hall–Kier alpha value is -0.980. The summed E-state index contributed by atoms with van der Waals surface area (Å²) in [5, 5.41) is 6.13. The van der Waals surface area contributed by atoms with Gasteiger partial charge in [-0.25, -0.2) is 4.79 Å². The molecule has 1 aromatic rings. The van der Waals surface area contributed by atoms with Crippen molar-refractivity contribution in [2.45, 2.75) is 13.0 Å². The molecule has 0 heterocycles. The van der Waals surface area contributed by atoms with Crippen LogP contribution in [0, 0.1) is 0 Å². The fourth-order valence-corrected chi connectivity index (χ4v) is 2.30. The van der Waals surface area contributed by atoms with Crippen LogP contribution in [0.3, 0.4) is 0 Å². The maximum Gasteiger partial charge on any atom is 0.330 e. The Balaban J connectivity index is 2.80. The first-order chi connectivity index (χ1) is 9.36. The molecule has 0 aromatic heterocycles. The molecule has 0 spiro atoms. The fraction of sp³-hybridized carbons (Fsp3) is 0.333. The zero-order valence-electron chi connectivity index (χ0n) is 10.8. The lowest BCUT2D eigenvalue weighted by Gasteiger charge is -2.17. The SMILES string of the molecule is COC(=O)C(CNc1ccc(Br)c(Cl)c1Cl)NC(C)=O. The van der Waals surface area contributed by atoms with Gasteiger partial charge in [0.1, 0.15) is 6.04 Å². The molecule has 1 aromatic carbocycles. The van der Waals surface area contributed by atoms with E-state index in [0.717, 1.165) is 0 Å². The van der Waals surface area contributed by atoms with Gasteiger partial charge in [0.15, 0.2) is 0 Å². The average molecular weight is 384 g/mol. The average Bonchev–Trinajstić information content (AvgIpc) is 2.41. The van der Waals surface area contributed by atoms with Crippen molar-refractivity contribution in [1.82, 2.24) is 5.32 Å². The van der Waals surface area contributed by atoms with Crippen LogP contribution in [0.5, 0.6) is 0 Å². The van der Waals surface area contributed by atoms with E-state index in [2.05, 4.69) is 31.3 Å². The highest BCUT2D eigenvalue weighted by atomic mass is 79.9. The lowest BCUT2D eigenvalue weighted by molar-refractivity contribution is -0.144. The van der Waals surface area contributed by atoms with Gasteiger partial charge in [-0.05, 0) is 28.1 Å². The molecule has 5 nitrogen and oxygen atoms in total. The number of benzene rings is 1. The van der Waals surface area contributed by atoms with E-state index in [0.29, 0.717) is 20.2 Å². The number of hydrogen-bond acceptors (Lipinski definition) is 4. The van der Waals surface area contributed by atoms with E-state index in [1.54, 1.807) is 12.1 Å². The van der Waals surface area contributed by atoms with Crippen molar-refractivity contribution in [3.63, 3.8) is 0 Å². The first-order valence-electron chi connectivity index (χ1n) is 5.59. The molecule has 0 fully saturated rings. The molecule has 0 saturated heterocycles. The summed E-state index contributed by atoms with van der Waals surface area (Å²) in [6, 6.07) is 2.62. The molecule has 8 heteroatoms. The summed E-state index contributed by atoms with van der Waals surface area (Å²) in [7, 11) is 1.25. The predicted molar refractivity (Wildman–Crippen MR) is 82.3 cm³/mol. The molecule has 0 radical (unpaired) electrons. The number of halogens is 3. The van der Waals surface area contributed by atoms with Crippen molar-refractivity contribution in [2.24, 2.45) is 0 Å². The van der Waals surface area contributed by atoms with Crippen LogP contribution in [0.1, 0.15) is 6.92 Å². The zero-order chi connectivity index (χ0) is 15.3. The lowest BCUT2D eigenvalue weighted by Crippen LogP contribution is -2.45. The first kappa shape index (κ1) is 17.1. The van der Waals surface area contributed by atoms with Gasteiger partial charge >= 0.3 is 5.97 Å². The molecule has 1 unspecified atom stereocenters. The Morgan fingerprint density at radius 3 is 2.55 bits per heavy atom. The second-order valence-corrected chi connectivity index (χ2v) is 5.49. The summed E-state index contributed by atoms with van der Waals surface area (Å²) < 4.78 is 5.28. The van der Waals surface area contributed by atoms with Gasteiger partial charge in [-0.2, -0.15) is 0 Å². The third-order valence-corrected chi connectivity index (χ3v) is 4.17. The van der Waals surface area contributed by atoms with Crippen LogP contribution in [0.15, 0.2) is 16.6 Å². The van der Waals surface area contributed by atoms with Gasteiger partial charge in [-0.15, -0.1) is 0 Å². The quantitative estimate of drug-likeness (QED) is 0.606. The number of amides is 1. The van der Waals surface area contributed by atoms with Gasteiger partial charge in [0.05, 0.1) is 22.8 Å². The highest BCUT2D eigenvalue weighted by molar-refractivity contribution is 9.10. The largest absolute Gasteiger partial charge is 0.467 e. The molecule has 110 valence electrons. The number of rotatable bonds is 5. The summed E-state index contributed by atoms with van der Waals surface area (Å²) in [5.41, 5.74) is 0.555. The van der Waals surface area contributed by atoms with E-state index in [4.69, 9.17) is 23.2 Å². The number of methoxy groups -OCH3 is 1. The lowest BCUT2D eigenvalue weighted by atomic mass is 10.2.